The number of imidazole rings is 2. The van der Waals surface area contributed by atoms with Crippen LogP contribution in [0.5, 0.6) is 5.75 Å². The van der Waals surface area contributed by atoms with E-state index in [0.29, 0.717) is 71.3 Å². The molecule has 2 aliphatic heterocycles. The lowest BCUT2D eigenvalue weighted by Gasteiger charge is -2.22. The molecule has 8 N–H and O–H groups in total. The zero-order valence-electron chi connectivity index (χ0n) is 35.7. The molecule has 2 saturated heterocycles. The standard InChI is InChI=1S/C42H51N15O6/c1-5-56-30(17-24(3)51-56)38(60)49-40-47-28-18-26(35(44)58)20-31(63-16-14-53-13-9-42(22-53)10-15-62-23-42)33(28)54(40)11-7-8-12-55-37-29(19-27(21-46-37)36(45)59)48-41(55)50-39(61)34-32(43)25(4)52-57(34)6-2/h7-8,17-21H,5-6,9-16,22-23,43H2,1-4H3,(H2,44,58)(H2,45,59)(H,47,49,60)(H,48,50,61)/b8-7+. The first-order valence-corrected chi connectivity index (χ1v) is 20.9. The molecular formula is C42H51N15O6. The SMILES string of the molecule is CCn1nc(C)cc1C(=O)Nc1nc2cc(C(N)=O)cc(OCCN3CCC4(CCOC4)C3)c2n1C/C=C/Cn1c(NC(=O)c2c(N)c(C)nn2CC)nc2cc(C(N)=O)cnc21. The third kappa shape index (κ3) is 8.43. The maximum Gasteiger partial charge on any atom is 0.278 e. The molecule has 6 aromatic rings. The number of allylic oxidation sites excluding steroid dienone is 2. The molecule has 0 saturated carbocycles. The molecule has 2 fully saturated rings. The van der Waals surface area contributed by atoms with Gasteiger partial charge in [0.1, 0.15) is 34.8 Å². The van der Waals surface area contributed by atoms with Crippen molar-refractivity contribution < 1.29 is 28.7 Å². The maximum absolute atomic E-state index is 13.8. The number of nitrogen functional groups attached to an aromatic ring is 1. The smallest absolute Gasteiger partial charge is 0.278 e. The number of pyridine rings is 1. The molecule has 330 valence electrons. The molecule has 8 rings (SSSR count). The van der Waals surface area contributed by atoms with Crippen molar-refractivity contribution in [3.05, 3.63) is 76.5 Å². The monoisotopic (exact) mass is 861 g/mol. The fraction of sp³-hybridized carbons (Fsp3) is 0.405. The molecule has 0 aliphatic carbocycles. The zero-order chi connectivity index (χ0) is 44.6. The summed E-state index contributed by atoms with van der Waals surface area (Å²) in [6.45, 7) is 12.9. The Bertz CT molecular complexity index is 2790. The largest absolute Gasteiger partial charge is 0.490 e. The molecule has 21 nitrogen and oxygen atoms in total. The third-order valence-electron chi connectivity index (χ3n) is 11.6. The van der Waals surface area contributed by atoms with Crippen LogP contribution in [0.15, 0.2) is 42.6 Å². The Morgan fingerprint density at radius 1 is 0.873 bits per heavy atom. The number of nitrogens with one attached hydrogen (secondary N) is 2. The number of benzene rings is 1. The Morgan fingerprint density at radius 3 is 2.29 bits per heavy atom. The van der Waals surface area contributed by atoms with Gasteiger partial charge in [-0.1, -0.05) is 12.2 Å². The van der Waals surface area contributed by atoms with Crippen molar-refractivity contribution in [1.29, 1.82) is 0 Å². The van der Waals surface area contributed by atoms with Gasteiger partial charge in [-0.05, 0) is 71.3 Å². The fourth-order valence-electron chi connectivity index (χ4n) is 8.36. The number of fused-ring (bicyclic) bond motifs is 2. The van der Waals surface area contributed by atoms with Crippen LogP contribution >= 0.6 is 0 Å². The number of hydrogen-bond acceptors (Lipinski definition) is 13. The molecule has 21 heteroatoms. The van der Waals surface area contributed by atoms with Crippen LogP contribution in [0.4, 0.5) is 17.6 Å². The molecule has 63 heavy (non-hydrogen) atoms. The van der Waals surface area contributed by atoms with E-state index in [0.717, 1.165) is 39.1 Å². The summed E-state index contributed by atoms with van der Waals surface area (Å²) >= 11 is 0. The van der Waals surface area contributed by atoms with E-state index in [2.05, 4.69) is 35.7 Å². The normalized spacial score (nSPS) is 16.6. The van der Waals surface area contributed by atoms with Crippen LogP contribution in [0.3, 0.4) is 0 Å². The number of primary amides is 2. The van der Waals surface area contributed by atoms with Gasteiger partial charge in [-0.2, -0.15) is 10.2 Å². The topological polar surface area (TPSA) is 276 Å². The van der Waals surface area contributed by atoms with Crippen molar-refractivity contribution in [1.82, 2.24) is 48.5 Å². The Hall–Kier alpha value is -7.13. The summed E-state index contributed by atoms with van der Waals surface area (Å²) in [4.78, 5) is 68.4. The number of aryl methyl sites for hydroxylation is 4. The molecule has 1 unspecified atom stereocenters. The van der Waals surface area contributed by atoms with E-state index in [1.807, 2.05) is 32.9 Å². The summed E-state index contributed by atoms with van der Waals surface area (Å²) in [6.07, 6.45) is 7.14. The first-order chi connectivity index (χ1) is 30.3. The maximum atomic E-state index is 13.8. The predicted octanol–water partition coefficient (Wildman–Crippen LogP) is 2.86. The van der Waals surface area contributed by atoms with Crippen LogP contribution < -0.4 is 32.6 Å². The van der Waals surface area contributed by atoms with E-state index in [4.69, 9.17) is 31.7 Å². The number of nitrogens with zero attached hydrogens (tertiary/aromatic N) is 10. The minimum Gasteiger partial charge on any atom is -0.490 e. The van der Waals surface area contributed by atoms with Crippen LogP contribution in [-0.4, -0.2) is 112 Å². The molecule has 4 amide bonds. The minimum absolute atomic E-state index is 0.137. The summed E-state index contributed by atoms with van der Waals surface area (Å²) in [6, 6.07) is 6.37. The van der Waals surface area contributed by atoms with Crippen molar-refractivity contribution in [3.63, 3.8) is 0 Å². The average Bonchev–Trinajstić information content (AvgIpc) is 4.12. The number of anilines is 3. The first-order valence-electron chi connectivity index (χ1n) is 20.9. The summed E-state index contributed by atoms with van der Waals surface area (Å²) in [5.74, 6) is -1.60. The van der Waals surface area contributed by atoms with Crippen LogP contribution in [0.25, 0.3) is 22.2 Å². The Labute approximate surface area is 361 Å². The van der Waals surface area contributed by atoms with Crippen molar-refractivity contribution in [2.75, 3.05) is 55.8 Å². The van der Waals surface area contributed by atoms with E-state index < -0.39 is 23.6 Å². The number of amides is 4. The minimum atomic E-state index is -0.681. The average molecular weight is 862 g/mol. The predicted molar refractivity (Wildman–Crippen MR) is 233 cm³/mol. The van der Waals surface area contributed by atoms with Crippen molar-refractivity contribution in [3.8, 4) is 5.75 Å². The zero-order valence-corrected chi connectivity index (χ0v) is 35.7. The lowest BCUT2D eigenvalue weighted by atomic mass is 9.87. The number of hydrogen-bond donors (Lipinski definition) is 5. The molecule has 1 spiro atoms. The highest BCUT2D eigenvalue weighted by molar-refractivity contribution is 6.07. The van der Waals surface area contributed by atoms with Crippen molar-refractivity contribution >= 4 is 63.4 Å². The summed E-state index contributed by atoms with van der Waals surface area (Å²) in [5.41, 5.74) is 21.7. The molecule has 2 aliphatic rings. The fourth-order valence-corrected chi connectivity index (χ4v) is 8.36. The van der Waals surface area contributed by atoms with Gasteiger partial charge in [0.15, 0.2) is 5.65 Å². The van der Waals surface area contributed by atoms with E-state index >= 15 is 0 Å². The van der Waals surface area contributed by atoms with Gasteiger partial charge in [-0.25, -0.2) is 15.0 Å². The first kappa shape index (κ1) is 42.6. The van der Waals surface area contributed by atoms with Crippen LogP contribution in [0.2, 0.25) is 0 Å². The number of ether oxygens (including phenoxy) is 2. The molecule has 1 atom stereocenters. The highest BCUT2D eigenvalue weighted by Crippen LogP contribution is 2.38. The van der Waals surface area contributed by atoms with Crippen LogP contribution in [0, 0.1) is 19.3 Å². The van der Waals surface area contributed by atoms with Gasteiger partial charge in [0.25, 0.3) is 11.8 Å². The Morgan fingerprint density at radius 2 is 1.57 bits per heavy atom. The molecular weight excluding hydrogens is 811 g/mol. The van der Waals surface area contributed by atoms with Gasteiger partial charge in [-0.15, -0.1) is 0 Å². The van der Waals surface area contributed by atoms with Gasteiger partial charge in [0.05, 0.1) is 34.8 Å². The number of carbonyl (C=O) groups is 4. The molecule has 1 aromatic carbocycles. The Kier molecular flexibility index (Phi) is 11.7. The van der Waals surface area contributed by atoms with Crippen LogP contribution in [-0.2, 0) is 30.9 Å². The van der Waals surface area contributed by atoms with Gasteiger partial charge in [0, 0.05) is 63.1 Å². The summed E-state index contributed by atoms with van der Waals surface area (Å²) in [7, 11) is 0. The van der Waals surface area contributed by atoms with E-state index in [9.17, 15) is 19.2 Å². The number of rotatable bonds is 16. The van der Waals surface area contributed by atoms with Crippen molar-refractivity contribution in [2.24, 2.45) is 16.9 Å². The van der Waals surface area contributed by atoms with Gasteiger partial charge < -0.3 is 31.2 Å². The van der Waals surface area contributed by atoms with E-state index in [1.54, 1.807) is 38.9 Å². The van der Waals surface area contributed by atoms with Crippen molar-refractivity contribution in [2.45, 2.75) is 66.7 Å². The molecule has 7 heterocycles. The van der Waals surface area contributed by atoms with E-state index in [1.165, 1.54) is 16.9 Å². The lowest BCUT2D eigenvalue weighted by molar-refractivity contribution is 0.0991. The molecule has 5 aromatic heterocycles. The second-order valence-corrected chi connectivity index (χ2v) is 15.9. The number of likely N-dealkylation sites (tertiary alicyclic amines) is 1. The quantitative estimate of drug-likeness (QED) is 0.0877. The number of aromatic nitrogens is 9. The molecule has 0 radical (unpaired) electrons. The highest BCUT2D eigenvalue weighted by Gasteiger charge is 2.41. The highest BCUT2D eigenvalue weighted by atomic mass is 16.5. The second-order valence-electron chi connectivity index (χ2n) is 15.9. The van der Waals surface area contributed by atoms with Gasteiger partial charge in [0.2, 0.25) is 23.7 Å². The Balaban J connectivity index is 1.12. The summed E-state index contributed by atoms with van der Waals surface area (Å²) < 4.78 is 18.7. The van der Waals surface area contributed by atoms with Crippen LogP contribution in [0.1, 0.15) is 79.8 Å². The number of nitrogens with two attached hydrogens (primary N) is 3. The van der Waals surface area contributed by atoms with E-state index in [-0.39, 0.29) is 52.9 Å². The number of carbonyl (C=O) groups excluding carboxylic acids is 4. The summed E-state index contributed by atoms with van der Waals surface area (Å²) in [5, 5.41) is 14.6. The molecule has 0 bridgehead atoms. The lowest BCUT2D eigenvalue weighted by Crippen LogP contribution is -2.30. The van der Waals surface area contributed by atoms with Gasteiger partial charge in [-0.3, -0.25) is 48.6 Å². The van der Waals surface area contributed by atoms with Gasteiger partial charge >= 0.3 is 0 Å². The second kappa shape index (κ2) is 17.3. The third-order valence-corrected chi connectivity index (χ3v) is 11.6.